The molecule has 0 bridgehead atoms. The molecule has 6 nitrogen and oxygen atoms in total. The first kappa shape index (κ1) is 17.5. The fourth-order valence-corrected chi connectivity index (χ4v) is 0. The maximum atomic E-state index is 8.25. The van der Waals surface area contributed by atoms with E-state index in [2.05, 4.69) is 0 Å². The zero-order chi connectivity index (χ0) is 9.70. The van der Waals surface area contributed by atoms with Gasteiger partial charge in [0.15, 0.2) is 0 Å². The van der Waals surface area contributed by atoms with Crippen molar-refractivity contribution in [2.45, 2.75) is 0 Å². The summed E-state index contributed by atoms with van der Waals surface area (Å²) in [7, 11) is 9.72. The van der Waals surface area contributed by atoms with Crippen molar-refractivity contribution in [3.8, 4) is 0 Å². The van der Waals surface area contributed by atoms with Gasteiger partial charge < -0.3 is 26.8 Å². The Labute approximate surface area is 80.9 Å². The SMILES string of the molecule is NCCN.O=[N+]([O-])[O-].[Cl][Au+][Cl]. The standard InChI is InChI=1S/C2H8N2.Au.2ClH.NO3/c3-1-2-4;;;;2-1(3)4/h1-4H2;;2*1H;/q;+3;;;-1/p-2. The Morgan fingerprint density at radius 3 is 1.36 bits per heavy atom. The third-order valence-electron chi connectivity index (χ3n) is 0.167. The van der Waals surface area contributed by atoms with Gasteiger partial charge in [0.25, 0.3) is 0 Å². The molecule has 0 aromatic carbocycles. The first-order valence-corrected chi connectivity index (χ1v) is 7.46. The van der Waals surface area contributed by atoms with E-state index in [0.29, 0.717) is 13.1 Å². The molecule has 0 saturated carbocycles. The van der Waals surface area contributed by atoms with Crippen molar-refractivity contribution in [3.05, 3.63) is 15.3 Å². The molecule has 0 aliphatic rings. The summed E-state index contributed by atoms with van der Waals surface area (Å²) >= 11 is -0.389. The molecule has 0 aromatic rings. The molecule has 0 aromatic heterocycles. The second kappa shape index (κ2) is 22.4. The van der Waals surface area contributed by atoms with E-state index in [-0.39, 0.29) is 17.6 Å². The average molecular weight is 390 g/mol. The number of nitrogens with zero attached hydrogens (tertiary/aromatic N) is 1. The van der Waals surface area contributed by atoms with E-state index in [9.17, 15) is 0 Å². The molecule has 0 heterocycles. The number of halogens is 2. The van der Waals surface area contributed by atoms with Crippen LogP contribution in [0.3, 0.4) is 0 Å². The van der Waals surface area contributed by atoms with E-state index in [1.807, 2.05) is 0 Å². The van der Waals surface area contributed by atoms with Crippen LogP contribution in [0.25, 0.3) is 0 Å². The van der Waals surface area contributed by atoms with Gasteiger partial charge in [-0.2, -0.15) is 0 Å². The molecule has 0 aliphatic heterocycles. The summed E-state index contributed by atoms with van der Waals surface area (Å²) in [6.07, 6.45) is 0. The van der Waals surface area contributed by atoms with Crippen molar-refractivity contribution in [2.24, 2.45) is 11.5 Å². The summed E-state index contributed by atoms with van der Waals surface area (Å²) in [5.41, 5.74) is 9.81. The summed E-state index contributed by atoms with van der Waals surface area (Å²) in [5, 5.41) is 14.8. The molecule has 0 atom stereocenters. The number of hydrogen-bond donors (Lipinski definition) is 2. The zero-order valence-corrected chi connectivity index (χ0v) is 8.98. The minimum absolute atomic E-state index is 0.389. The summed E-state index contributed by atoms with van der Waals surface area (Å²) < 4.78 is 0. The molecular weight excluding hydrogens is 382 g/mol. The van der Waals surface area contributed by atoms with E-state index < -0.39 is 5.09 Å². The van der Waals surface area contributed by atoms with Crippen LogP contribution >= 0.6 is 18.4 Å². The molecule has 0 amide bonds. The molecule has 11 heavy (non-hydrogen) atoms. The topological polar surface area (TPSA) is 118 Å². The monoisotopic (exact) mass is 389 g/mol. The summed E-state index contributed by atoms with van der Waals surface area (Å²) in [5.74, 6) is 0. The second-order valence-electron chi connectivity index (χ2n) is 0.844. The summed E-state index contributed by atoms with van der Waals surface area (Å²) in [6.45, 7) is 1.19. The predicted molar refractivity (Wildman–Crippen MR) is 40.2 cm³/mol. The van der Waals surface area contributed by atoms with E-state index in [1.165, 1.54) is 0 Å². The van der Waals surface area contributed by atoms with Gasteiger partial charge in [-0.25, -0.2) is 0 Å². The van der Waals surface area contributed by atoms with Gasteiger partial charge >= 0.3 is 36.0 Å². The van der Waals surface area contributed by atoms with E-state index in [1.54, 1.807) is 0 Å². The van der Waals surface area contributed by atoms with Gasteiger partial charge in [0.2, 0.25) is 0 Å². The van der Waals surface area contributed by atoms with Crippen LogP contribution in [0.1, 0.15) is 0 Å². The minimum atomic E-state index is -1.75. The molecule has 0 fully saturated rings. The second-order valence-corrected chi connectivity index (χ2v) is 3.97. The van der Waals surface area contributed by atoms with E-state index in [0.717, 1.165) is 0 Å². The summed E-state index contributed by atoms with van der Waals surface area (Å²) in [6, 6.07) is 0. The average Bonchev–Trinajstić information content (AvgIpc) is 1.88. The van der Waals surface area contributed by atoms with Crippen molar-refractivity contribution in [1.82, 2.24) is 0 Å². The Balaban J connectivity index is -0.0000000886. The first-order chi connectivity index (χ1) is 5.06. The van der Waals surface area contributed by atoms with Crippen molar-refractivity contribution in [2.75, 3.05) is 13.1 Å². The Kier molecular flexibility index (Phi) is 35.7. The van der Waals surface area contributed by atoms with Crippen LogP contribution in [0.4, 0.5) is 0 Å². The molecule has 0 spiro atoms. The Hall–Kier alpha value is 0.440. The molecule has 0 radical (unpaired) electrons. The normalized spacial score (nSPS) is 6.91. The Morgan fingerprint density at radius 1 is 1.27 bits per heavy atom. The van der Waals surface area contributed by atoms with Gasteiger partial charge in [0.05, 0.1) is 5.09 Å². The molecule has 9 heteroatoms. The quantitative estimate of drug-likeness (QED) is 0.373. The zero-order valence-electron chi connectivity index (χ0n) is 5.30. The van der Waals surface area contributed by atoms with Crippen LogP contribution in [0, 0.1) is 15.3 Å². The summed E-state index contributed by atoms with van der Waals surface area (Å²) in [4.78, 5) is 8.25. The van der Waals surface area contributed by atoms with Gasteiger partial charge in [-0.3, -0.25) is 0 Å². The molecule has 0 rings (SSSR count). The fraction of sp³-hybridized carbons (Fsp3) is 1.00. The van der Waals surface area contributed by atoms with Crippen LogP contribution in [-0.2, 0) is 17.6 Å². The van der Waals surface area contributed by atoms with Crippen molar-refractivity contribution >= 4 is 18.4 Å². The number of nitrogens with two attached hydrogens (primary N) is 2. The van der Waals surface area contributed by atoms with Crippen LogP contribution in [0.15, 0.2) is 0 Å². The van der Waals surface area contributed by atoms with Gasteiger partial charge in [0.1, 0.15) is 0 Å². The van der Waals surface area contributed by atoms with E-state index >= 15 is 0 Å². The molecule has 0 aliphatic carbocycles. The Morgan fingerprint density at radius 2 is 1.36 bits per heavy atom. The first-order valence-electron chi connectivity index (χ1n) is 2.09. The van der Waals surface area contributed by atoms with Crippen molar-refractivity contribution in [1.29, 1.82) is 0 Å². The van der Waals surface area contributed by atoms with Gasteiger partial charge in [-0.05, 0) is 0 Å². The van der Waals surface area contributed by atoms with Crippen LogP contribution in [0.2, 0.25) is 0 Å². The van der Waals surface area contributed by atoms with Gasteiger partial charge in [0, 0.05) is 13.1 Å². The molecule has 0 unspecified atom stereocenters. The molecule has 74 valence electrons. The number of rotatable bonds is 1. The molecular formula is C2H8AuCl2N3O3. The van der Waals surface area contributed by atoms with Crippen LogP contribution in [-0.4, -0.2) is 18.2 Å². The fourth-order valence-electron chi connectivity index (χ4n) is 0. The van der Waals surface area contributed by atoms with Gasteiger partial charge in [-0.1, -0.05) is 0 Å². The maximum absolute atomic E-state index is 8.25. The van der Waals surface area contributed by atoms with E-state index in [4.69, 9.17) is 45.2 Å². The van der Waals surface area contributed by atoms with Crippen LogP contribution in [0.5, 0.6) is 0 Å². The predicted octanol–water partition coefficient (Wildman–Crippen LogP) is 0.0412. The third kappa shape index (κ3) is 359. The van der Waals surface area contributed by atoms with Crippen LogP contribution < -0.4 is 11.5 Å². The molecule has 4 N–H and O–H groups in total. The van der Waals surface area contributed by atoms with Crippen molar-refractivity contribution in [3.63, 3.8) is 0 Å². The third-order valence-corrected chi connectivity index (χ3v) is 0.167. The molecule has 0 saturated heterocycles. The Bertz CT molecular complexity index is 71.6. The van der Waals surface area contributed by atoms with Crippen molar-refractivity contribution < 1.29 is 22.7 Å². The number of hydrogen-bond acceptors (Lipinski definition) is 5. The van der Waals surface area contributed by atoms with Gasteiger partial charge in [-0.15, -0.1) is 0 Å².